The van der Waals surface area contributed by atoms with Crippen LogP contribution >= 0.6 is 0 Å². The van der Waals surface area contributed by atoms with Crippen LogP contribution in [-0.2, 0) is 6.54 Å². The zero-order valence-corrected chi connectivity index (χ0v) is 12.2. The van der Waals surface area contributed by atoms with E-state index in [1.807, 2.05) is 0 Å². The number of anilines is 1. The SMILES string of the molecule is CCN1CC(C)c2c(CN3CCNCC3)cccc21. The van der Waals surface area contributed by atoms with Crippen LogP contribution in [0.1, 0.15) is 30.9 Å². The van der Waals surface area contributed by atoms with Gasteiger partial charge < -0.3 is 10.2 Å². The molecule has 3 rings (SSSR count). The van der Waals surface area contributed by atoms with Gasteiger partial charge in [-0.05, 0) is 24.1 Å². The molecule has 0 aromatic heterocycles. The first-order valence-electron chi connectivity index (χ1n) is 7.59. The molecule has 3 heteroatoms. The van der Waals surface area contributed by atoms with Gasteiger partial charge in [-0.25, -0.2) is 0 Å². The molecule has 0 bridgehead atoms. The summed E-state index contributed by atoms with van der Waals surface area (Å²) in [5.74, 6) is 0.675. The third-order valence-corrected chi connectivity index (χ3v) is 4.49. The summed E-state index contributed by atoms with van der Waals surface area (Å²) in [6.07, 6.45) is 0. The average molecular weight is 259 g/mol. The molecule has 1 unspecified atom stereocenters. The highest BCUT2D eigenvalue weighted by Gasteiger charge is 2.27. The van der Waals surface area contributed by atoms with Crippen LogP contribution in [0.2, 0.25) is 0 Å². The second kappa shape index (κ2) is 5.51. The number of piperazine rings is 1. The lowest BCUT2D eigenvalue weighted by Gasteiger charge is -2.28. The molecule has 0 aliphatic carbocycles. The number of benzene rings is 1. The highest BCUT2D eigenvalue weighted by atomic mass is 15.2. The Balaban J connectivity index is 1.84. The Hall–Kier alpha value is -1.06. The Morgan fingerprint density at radius 1 is 1.26 bits per heavy atom. The summed E-state index contributed by atoms with van der Waals surface area (Å²) in [6, 6.07) is 6.86. The zero-order valence-electron chi connectivity index (χ0n) is 12.2. The molecule has 19 heavy (non-hydrogen) atoms. The van der Waals surface area contributed by atoms with E-state index in [0.717, 1.165) is 26.2 Å². The van der Waals surface area contributed by atoms with Crippen LogP contribution in [0.25, 0.3) is 0 Å². The topological polar surface area (TPSA) is 18.5 Å². The smallest absolute Gasteiger partial charge is 0.0405 e. The van der Waals surface area contributed by atoms with Crippen molar-refractivity contribution < 1.29 is 0 Å². The van der Waals surface area contributed by atoms with Crippen molar-refractivity contribution in [1.82, 2.24) is 10.2 Å². The molecule has 1 fully saturated rings. The van der Waals surface area contributed by atoms with E-state index in [0.29, 0.717) is 5.92 Å². The van der Waals surface area contributed by atoms with E-state index in [9.17, 15) is 0 Å². The van der Waals surface area contributed by atoms with Crippen LogP contribution in [0.5, 0.6) is 0 Å². The lowest BCUT2D eigenvalue weighted by Crippen LogP contribution is -2.43. The fraction of sp³-hybridized carbons (Fsp3) is 0.625. The third kappa shape index (κ3) is 2.49. The van der Waals surface area contributed by atoms with E-state index in [2.05, 4.69) is 47.2 Å². The van der Waals surface area contributed by atoms with Gasteiger partial charge in [0.1, 0.15) is 0 Å². The number of hydrogen-bond acceptors (Lipinski definition) is 3. The lowest BCUT2D eigenvalue weighted by molar-refractivity contribution is 0.232. The Kier molecular flexibility index (Phi) is 3.76. The molecule has 2 heterocycles. The van der Waals surface area contributed by atoms with Crippen LogP contribution in [-0.4, -0.2) is 44.2 Å². The van der Waals surface area contributed by atoms with Crippen LogP contribution in [0.3, 0.4) is 0 Å². The molecule has 0 radical (unpaired) electrons. The Morgan fingerprint density at radius 2 is 2.05 bits per heavy atom. The van der Waals surface area contributed by atoms with Crippen molar-refractivity contribution in [2.75, 3.05) is 44.2 Å². The Bertz CT molecular complexity index is 438. The molecule has 0 spiro atoms. The van der Waals surface area contributed by atoms with E-state index in [1.165, 1.54) is 25.3 Å². The first-order valence-corrected chi connectivity index (χ1v) is 7.59. The van der Waals surface area contributed by atoms with E-state index < -0.39 is 0 Å². The fourth-order valence-electron chi connectivity index (χ4n) is 3.51. The molecule has 2 aliphatic rings. The minimum atomic E-state index is 0.675. The predicted molar refractivity (Wildman–Crippen MR) is 80.9 cm³/mol. The van der Waals surface area contributed by atoms with Crippen molar-refractivity contribution in [3.8, 4) is 0 Å². The summed E-state index contributed by atoms with van der Waals surface area (Å²) in [7, 11) is 0. The molecular formula is C16H25N3. The fourth-order valence-corrected chi connectivity index (χ4v) is 3.51. The molecule has 2 aliphatic heterocycles. The van der Waals surface area contributed by atoms with Crippen LogP contribution in [0.4, 0.5) is 5.69 Å². The van der Waals surface area contributed by atoms with Crippen LogP contribution < -0.4 is 10.2 Å². The van der Waals surface area contributed by atoms with Gasteiger partial charge in [0.25, 0.3) is 0 Å². The molecule has 104 valence electrons. The monoisotopic (exact) mass is 259 g/mol. The van der Waals surface area contributed by atoms with E-state index in [4.69, 9.17) is 0 Å². The first kappa shape index (κ1) is 12.9. The number of nitrogens with zero attached hydrogens (tertiary/aromatic N) is 2. The van der Waals surface area contributed by atoms with Crippen molar-refractivity contribution >= 4 is 5.69 Å². The summed E-state index contributed by atoms with van der Waals surface area (Å²) in [5.41, 5.74) is 4.62. The summed E-state index contributed by atoms with van der Waals surface area (Å²) in [6.45, 7) is 12.7. The predicted octanol–water partition coefficient (Wildman–Crippen LogP) is 2.04. The summed E-state index contributed by atoms with van der Waals surface area (Å²) in [5, 5.41) is 3.43. The molecule has 1 N–H and O–H groups in total. The standard InChI is InChI=1S/C16H25N3/c1-3-19-11-13(2)16-14(5-4-6-15(16)19)12-18-9-7-17-8-10-18/h4-6,13,17H,3,7-12H2,1-2H3. The quantitative estimate of drug-likeness (QED) is 0.896. The van der Waals surface area contributed by atoms with Gasteiger partial charge in [0.2, 0.25) is 0 Å². The Labute approximate surface area is 116 Å². The Morgan fingerprint density at radius 3 is 2.79 bits per heavy atom. The maximum Gasteiger partial charge on any atom is 0.0405 e. The number of likely N-dealkylation sites (N-methyl/N-ethyl adjacent to an activating group) is 1. The zero-order chi connectivity index (χ0) is 13.2. The molecule has 3 nitrogen and oxygen atoms in total. The lowest BCUT2D eigenvalue weighted by atomic mass is 9.97. The summed E-state index contributed by atoms with van der Waals surface area (Å²) >= 11 is 0. The van der Waals surface area contributed by atoms with Gasteiger partial charge in [-0.2, -0.15) is 0 Å². The molecule has 1 aromatic rings. The van der Waals surface area contributed by atoms with Gasteiger partial charge in [0, 0.05) is 57.4 Å². The number of rotatable bonds is 3. The van der Waals surface area contributed by atoms with Gasteiger partial charge in [0.05, 0.1) is 0 Å². The van der Waals surface area contributed by atoms with Gasteiger partial charge in [0.15, 0.2) is 0 Å². The molecule has 1 aromatic carbocycles. The van der Waals surface area contributed by atoms with E-state index in [1.54, 1.807) is 11.1 Å². The van der Waals surface area contributed by atoms with Gasteiger partial charge >= 0.3 is 0 Å². The summed E-state index contributed by atoms with van der Waals surface area (Å²) < 4.78 is 0. The van der Waals surface area contributed by atoms with Gasteiger partial charge in [-0.1, -0.05) is 19.1 Å². The number of nitrogens with one attached hydrogen (secondary N) is 1. The van der Waals surface area contributed by atoms with Crippen molar-refractivity contribution in [3.05, 3.63) is 29.3 Å². The molecule has 0 saturated carbocycles. The van der Waals surface area contributed by atoms with E-state index >= 15 is 0 Å². The van der Waals surface area contributed by atoms with Crippen molar-refractivity contribution in [2.45, 2.75) is 26.3 Å². The number of fused-ring (bicyclic) bond motifs is 1. The third-order valence-electron chi connectivity index (χ3n) is 4.49. The minimum Gasteiger partial charge on any atom is -0.371 e. The second-order valence-electron chi connectivity index (χ2n) is 5.82. The second-order valence-corrected chi connectivity index (χ2v) is 5.82. The maximum atomic E-state index is 3.43. The summed E-state index contributed by atoms with van der Waals surface area (Å²) in [4.78, 5) is 5.09. The van der Waals surface area contributed by atoms with Gasteiger partial charge in [-0.3, -0.25) is 4.90 Å². The number of hydrogen-bond donors (Lipinski definition) is 1. The average Bonchev–Trinajstić information content (AvgIpc) is 2.78. The molecule has 1 atom stereocenters. The van der Waals surface area contributed by atoms with Crippen molar-refractivity contribution in [1.29, 1.82) is 0 Å². The molecule has 1 saturated heterocycles. The first-order chi connectivity index (χ1) is 9.29. The van der Waals surface area contributed by atoms with Gasteiger partial charge in [-0.15, -0.1) is 0 Å². The maximum absolute atomic E-state index is 3.43. The van der Waals surface area contributed by atoms with Crippen molar-refractivity contribution in [2.24, 2.45) is 0 Å². The molecule has 0 amide bonds. The van der Waals surface area contributed by atoms with E-state index in [-0.39, 0.29) is 0 Å². The van der Waals surface area contributed by atoms with Crippen molar-refractivity contribution in [3.63, 3.8) is 0 Å². The van der Waals surface area contributed by atoms with Crippen LogP contribution in [0, 0.1) is 0 Å². The highest BCUT2D eigenvalue weighted by Crippen LogP contribution is 2.38. The normalized spacial score (nSPS) is 23.7. The largest absolute Gasteiger partial charge is 0.371 e. The van der Waals surface area contributed by atoms with Crippen LogP contribution in [0.15, 0.2) is 18.2 Å². The molecular weight excluding hydrogens is 234 g/mol. The highest BCUT2D eigenvalue weighted by molar-refractivity contribution is 5.62. The minimum absolute atomic E-state index is 0.675.